The first kappa shape index (κ1) is 15.8. The summed E-state index contributed by atoms with van der Waals surface area (Å²) < 4.78 is 7.34. The summed E-state index contributed by atoms with van der Waals surface area (Å²) in [5, 5.41) is 1.57. The molecular weight excluding hydrogens is 399 g/mol. The minimum absolute atomic E-state index is 0.973. The Hall–Kier alpha value is -1.67. The van der Waals surface area contributed by atoms with Crippen LogP contribution in [0.5, 0.6) is 0 Å². The third-order valence-corrected chi connectivity index (χ3v) is 16.4. The molecule has 2 aromatic carbocycles. The van der Waals surface area contributed by atoms with Gasteiger partial charge in [-0.05, 0) is 0 Å². The molecule has 24 heavy (non-hydrogen) atoms. The van der Waals surface area contributed by atoms with Crippen LogP contribution in [0.3, 0.4) is 0 Å². The van der Waals surface area contributed by atoms with Crippen LogP contribution in [0.2, 0.25) is 0 Å². The molecule has 4 rings (SSSR count). The maximum atomic E-state index is 6.05. The molecule has 4 aromatic rings. The predicted molar refractivity (Wildman–Crippen MR) is 110 cm³/mol. The van der Waals surface area contributed by atoms with Crippen LogP contribution in [-0.2, 0) is 0 Å². The van der Waals surface area contributed by atoms with E-state index >= 15 is 0 Å². The van der Waals surface area contributed by atoms with Crippen LogP contribution >= 0.6 is 32.1 Å². The molecule has 0 saturated heterocycles. The second-order valence-corrected chi connectivity index (χ2v) is 15.1. The van der Waals surface area contributed by atoms with E-state index in [0.29, 0.717) is 0 Å². The van der Waals surface area contributed by atoms with Crippen LogP contribution in [0.25, 0.3) is 0 Å². The molecule has 0 bridgehead atoms. The summed E-state index contributed by atoms with van der Waals surface area (Å²) in [6.07, 6.45) is 1.76. The topological polar surface area (TPSA) is 13.1 Å². The fourth-order valence-corrected chi connectivity index (χ4v) is 12.6. The molecular formula is C20H16BrOPS. The monoisotopic (exact) mass is 414 g/mol. The average molecular weight is 415 g/mol. The first-order chi connectivity index (χ1) is 11.7. The van der Waals surface area contributed by atoms with Gasteiger partial charge in [0, 0.05) is 0 Å². The molecule has 120 valence electrons. The molecule has 0 aliphatic carbocycles. The Balaban J connectivity index is 2.21. The summed E-state index contributed by atoms with van der Waals surface area (Å²) in [6, 6.07) is 29.6. The second-order valence-electron chi connectivity index (χ2n) is 5.58. The van der Waals surface area contributed by atoms with Gasteiger partial charge in [-0.1, -0.05) is 0 Å². The van der Waals surface area contributed by atoms with E-state index in [1.807, 2.05) is 6.07 Å². The van der Waals surface area contributed by atoms with Crippen molar-refractivity contribution in [1.82, 2.24) is 0 Å². The van der Waals surface area contributed by atoms with Crippen LogP contribution < -0.4 is 20.7 Å². The number of hydrogen-bond acceptors (Lipinski definition) is 2. The maximum absolute atomic E-state index is 6.05. The second kappa shape index (κ2) is 6.00. The minimum atomic E-state index is -3.04. The quantitative estimate of drug-likeness (QED) is 0.437. The van der Waals surface area contributed by atoms with E-state index in [2.05, 4.69) is 99.7 Å². The summed E-state index contributed by atoms with van der Waals surface area (Å²) in [4.78, 5) is 0. The molecule has 0 saturated carbocycles. The van der Waals surface area contributed by atoms with Gasteiger partial charge in [-0.2, -0.15) is 0 Å². The normalized spacial score (nSPS) is 13.3. The molecule has 4 heteroatoms. The zero-order valence-corrected chi connectivity index (χ0v) is 16.2. The summed E-state index contributed by atoms with van der Waals surface area (Å²) >= 11 is 6.10. The van der Waals surface area contributed by atoms with Crippen LogP contribution in [-0.4, -0.2) is 0 Å². The number of hydrogen-bond donors (Lipinski definition) is 0. The van der Waals surface area contributed by atoms with Gasteiger partial charge in [0.05, 0.1) is 0 Å². The van der Waals surface area contributed by atoms with Gasteiger partial charge in [-0.25, -0.2) is 0 Å². The molecule has 0 spiro atoms. The van der Waals surface area contributed by atoms with Gasteiger partial charge in [0.25, 0.3) is 0 Å². The van der Waals surface area contributed by atoms with E-state index in [0.717, 1.165) is 5.50 Å². The molecule has 0 fully saturated rings. The number of thiophene rings is 1. The van der Waals surface area contributed by atoms with Gasteiger partial charge in [0.1, 0.15) is 0 Å². The Morgan fingerprint density at radius 1 is 0.708 bits per heavy atom. The van der Waals surface area contributed by atoms with Crippen LogP contribution in [0, 0.1) is 0 Å². The molecule has 0 aliphatic rings. The van der Waals surface area contributed by atoms with Crippen LogP contribution in [0.4, 0.5) is 0 Å². The van der Waals surface area contributed by atoms with Gasteiger partial charge in [0.2, 0.25) is 0 Å². The van der Waals surface area contributed by atoms with Crippen molar-refractivity contribution in [3.8, 4) is 0 Å². The summed E-state index contributed by atoms with van der Waals surface area (Å²) in [7, 11) is 0. The Morgan fingerprint density at radius 3 is 1.79 bits per heavy atom. The Labute approximate surface area is 153 Å². The SMILES string of the molecule is BrP(c1ccccc1)(c1ccccc1)(c1ccco1)c1cccs1. The molecule has 0 radical (unpaired) electrons. The fraction of sp³-hybridized carbons (Fsp3) is 0. The third-order valence-electron chi connectivity index (χ3n) is 4.32. The van der Waals surface area contributed by atoms with Gasteiger partial charge in [0.15, 0.2) is 0 Å². The molecule has 1 nitrogen and oxygen atoms in total. The molecule has 0 N–H and O–H groups in total. The molecule has 2 aromatic heterocycles. The fourth-order valence-electron chi connectivity index (χ4n) is 3.20. The first-order valence-electron chi connectivity index (χ1n) is 7.68. The Morgan fingerprint density at radius 2 is 1.33 bits per heavy atom. The number of halogens is 1. The van der Waals surface area contributed by atoms with E-state index in [1.54, 1.807) is 17.6 Å². The van der Waals surface area contributed by atoms with Crippen molar-refractivity contribution in [2.75, 3.05) is 0 Å². The first-order valence-corrected chi connectivity index (χ1v) is 12.8. The summed E-state index contributed by atoms with van der Waals surface area (Å²) in [5.74, 6) is 0. The van der Waals surface area contributed by atoms with Crippen molar-refractivity contribution < 1.29 is 4.42 Å². The molecule has 0 aliphatic heterocycles. The molecule has 0 atom stereocenters. The Kier molecular flexibility index (Phi) is 3.96. The predicted octanol–water partition coefficient (Wildman–Crippen LogP) is 4.81. The van der Waals surface area contributed by atoms with Gasteiger partial charge in [-0.3, -0.25) is 0 Å². The van der Waals surface area contributed by atoms with Crippen molar-refractivity contribution in [1.29, 1.82) is 0 Å². The Bertz CT molecular complexity index is 841. The molecule has 0 amide bonds. The van der Waals surface area contributed by atoms with E-state index in [9.17, 15) is 0 Å². The zero-order valence-electron chi connectivity index (χ0n) is 12.9. The summed E-state index contributed by atoms with van der Waals surface area (Å²) in [6.45, 7) is 0. The zero-order chi connectivity index (χ0) is 16.5. The standard InChI is InChI=1S/C20H16BrOPS/c21-23(19-13-7-15-22-19,20-14-8-16-24-20,17-9-3-1-4-10-17)18-11-5-2-6-12-18/h1-16H. The summed E-state index contributed by atoms with van der Waals surface area (Å²) in [5.41, 5.74) is 0.973. The van der Waals surface area contributed by atoms with Crippen LogP contribution in [0.1, 0.15) is 0 Å². The number of benzene rings is 2. The van der Waals surface area contributed by atoms with Crippen molar-refractivity contribution in [2.24, 2.45) is 0 Å². The number of rotatable bonds is 4. The van der Waals surface area contributed by atoms with Gasteiger partial charge < -0.3 is 0 Å². The van der Waals surface area contributed by atoms with Gasteiger partial charge >= 0.3 is 154 Å². The van der Waals surface area contributed by atoms with Gasteiger partial charge in [-0.15, -0.1) is 0 Å². The van der Waals surface area contributed by atoms with Crippen molar-refractivity contribution in [2.45, 2.75) is 0 Å². The molecule has 2 heterocycles. The van der Waals surface area contributed by atoms with E-state index in [4.69, 9.17) is 4.42 Å². The van der Waals surface area contributed by atoms with E-state index < -0.39 is 5.31 Å². The third kappa shape index (κ3) is 2.09. The van der Waals surface area contributed by atoms with E-state index in [1.165, 1.54) is 15.2 Å². The van der Waals surface area contributed by atoms with E-state index in [-0.39, 0.29) is 0 Å². The average Bonchev–Trinajstić information content (AvgIpc) is 3.37. The van der Waals surface area contributed by atoms with Crippen molar-refractivity contribution in [3.05, 3.63) is 96.6 Å². The van der Waals surface area contributed by atoms with Crippen molar-refractivity contribution >= 4 is 52.9 Å². The molecule has 0 unspecified atom stereocenters. The van der Waals surface area contributed by atoms with Crippen LogP contribution in [0.15, 0.2) is 101 Å². The van der Waals surface area contributed by atoms with Crippen molar-refractivity contribution in [3.63, 3.8) is 0 Å². The number of furan rings is 1.